The van der Waals surface area contributed by atoms with Crippen LogP contribution in [0.15, 0.2) is 84.9 Å². The summed E-state index contributed by atoms with van der Waals surface area (Å²) in [4.78, 5) is 12.2. The van der Waals surface area contributed by atoms with E-state index < -0.39 is 5.91 Å². The van der Waals surface area contributed by atoms with Crippen LogP contribution in [0, 0.1) is 13.8 Å². The summed E-state index contributed by atoms with van der Waals surface area (Å²) in [6.07, 6.45) is 0. The molecule has 0 unspecified atom stereocenters. The number of fused-ring (bicyclic) bond motifs is 3. The fourth-order valence-corrected chi connectivity index (χ4v) is 4.52. The van der Waals surface area contributed by atoms with Gasteiger partial charge in [-0.25, -0.2) is 0 Å². The van der Waals surface area contributed by atoms with Crippen LogP contribution in [0.4, 0.5) is 0 Å². The van der Waals surface area contributed by atoms with Crippen LogP contribution in [0.2, 0.25) is 0 Å². The van der Waals surface area contributed by atoms with Gasteiger partial charge in [-0.3, -0.25) is 4.79 Å². The number of nitrogens with two attached hydrogens (primary N) is 1. The van der Waals surface area contributed by atoms with Crippen LogP contribution < -0.4 is 5.73 Å². The minimum atomic E-state index is -0.400. The Morgan fingerprint density at radius 1 is 0.806 bits per heavy atom. The fourth-order valence-electron chi connectivity index (χ4n) is 4.52. The average Bonchev–Trinajstić information content (AvgIpc) is 3.09. The molecule has 0 aliphatic heterocycles. The normalized spacial score (nSPS) is 11.3. The topological polar surface area (TPSA) is 48.0 Å². The maximum absolute atomic E-state index is 12.2. The number of aryl methyl sites for hydroxylation is 2. The molecule has 1 heterocycles. The van der Waals surface area contributed by atoms with E-state index in [4.69, 9.17) is 5.73 Å². The second kappa shape index (κ2) is 7.44. The molecule has 0 radical (unpaired) electrons. The molecule has 152 valence electrons. The summed E-state index contributed by atoms with van der Waals surface area (Å²) in [5.74, 6) is -0.400. The summed E-state index contributed by atoms with van der Waals surface area (Å²) in [7, 11) is 0. The Morgan fingerprint density at radius 3 is 2.35 bits per heavy atom. The molecule has 5 rings (SSSR count). The molecule has 5 aromatic rings. The first-order valence-corrected chi connectivity index (χ1v) is 10.5. The van der Waals surface area contributed by atoms with Gasteiger partial charge in [0.2, 0.25) is 5.91 Å². The maximum atomic E-state index is 12.2. The van der Waals surface area contributed by atoms with Gasteiger partial charge in [0.1, 0.15) is 0 Å². The lowest BCUT2D eigenvalue weighted by atomic mass is 10.0. The molecule has 31 heavy (non-hydrogen) atoms. The summed E-state index contributed by atoms with van der Waals surface area (Å²) in [6.45, 7) is 5.00. The third kappa shape index (κ3) is 3.28. The number of carbonyl (C=O) groups excluding carboxylic acids is 1. The summed E-state index contributed by atoms with van der Waals surface area (Å²) < 4.78 is 2.31. The molecule has 2 N–H and O–H groups in total. The Labute approximate surface area is 181 Å². The van der Waals surface area contributed by atoms with Crippen molar-refractivity contribution in [3.05, 3.63) is 107 Å². The molecule has 0 aliphatic rings. The highest BCUT2D eigenvalue weighted by atomic mass is 16.1. The van der Waals surface area contributed by atoms with Crippen LogP contribution in [-0.4, -0.2) is 10.5 Å². The Bertz CT molecular complexity index is 1440. The molecular weight excluding hydrogens is 380 g/mol. The van der Waals surface area contributed by atoms with Crippen molar-refractivity contribution in [2.45, 2.75) is 20.4 Å². The van der Waals surface area contributed by atoms with Crippen molar-refractivity contribution >= 4 is 27.7 Å². The third-order valence-corrected chi connectivity index (χ3v) is 6.09. The SMILES string of the molecule is Cc1ccc(Cn2c3cc(-c4ccccc4)ccc3c3c(C(N)=O)cccc32)c(C)c1. The molecule has 3 heteroatoms. The standard InChI is InChI=1S/C28H24N2O/c1-18-11-12-22(19(2)15-18)17-30-25-10-6-9-24(28(29)31)27(25)23-14-13-21(16-26(23)30)20-7-4-3-5-8-20/h3-16H,17H2,1-2H3,(H2,29,31). The zero-order chi connectivity index (χ0) is 21.5. The molecular formula is C28H24N2O. The van der Waals surface area contributed by atoms with Gasteiger partial charge >= 0.3 is 0 Å². The second-order valence-corrected chi connectivity index (χ2v) is 8.18. The molecule has 0 fully saturated rings. The molecule has 0 spiro atoms. The van der Waals surface area contributed by atoms with E-state index in [-0.39, 0.29) is 0 Å². The van der Waals surface area contributed by atoms with Gasteiger partial charge in [-0.2, -0.15) is 0 Å². The van der Waals surface area contributed by atoms with Gasteiger partial charge in [0, 0.05) is 22.9 Å². The number of amides is 1. The maximum Gasteiger partial charge on any atom is 0.249 e. The Balaban J connectivity index is 1.81. The van der Waals surface area contributed by atoms with Gasteiger partial charge < -0.3 is 10.3 Å². The number of rotatable bonds is 4. The van der Waals surface area contributed by atoms with E-state index in [1.807, 2.05) is 18.2 Å². The van der Waals surface area contributed by atoms with Gasteiger partial charge in [-0.1, -0.05) is 72.3 Å². The van der Waals surface area contributed by atoms with Gasteiger partial charge in [-0.15, -0.1) is 0 Å². The first-order valence-electron chi connectivity index (χ1n) is 10.5. The predicted molar refractivity (Wildman–Crippen MR) is 128 cm³/mol. The molecule has 0 aliphatic carbocycles. The highest BCUT2D eigenvalue weighted by molar-refractivity contribution is 6.18. The molecule has 1 amide bonds. The minimum absolute atomic E-state index is 0.400. The molecule has 1 aromatic heterocycles. The summed E-state index contributed by atoms with van der Waals surface area (Å²) in [5.41, 5.74) is 14.5. The molecule has 0 saturated heterocycles. The first-order chi connectivity index (χ1) is 15.0. The largest absolute Gasteiger partial charge is 0.366 e. The van der Waals surface area contributed by atoms with Gasteiger partial charge in [0.05, 0.1) is 11.0 Å². The number of benzene rings is 4. The van der Waals surface area contributed by atoms with Crippen LogP contribution in [0.25, 0.3) is 32.9 Å². The van der Waals surface area contributed by atoms with E-state index in [1.165, 1.54) is 22.3 Å². The molecule has 0 bridgehead atoms. The first kappa shape index (κ1) is 19.1. The van der Waals surface area contributed by atoms with E-state index in [1.54, 1.807) is 0 Å². The quantitative estimate of drug-likeness (QED) is 0.379. The van der Waals surface area contributed by atoms with Crippen LogP contribution >= 0.6 is 0 Å². The van der Waals surface area contributed by atoms with E-state index in [0.29, 0.717) is 5.56 Å². The second-order valence-electron chi connectivity index (χ2n) is 8.18. The van der Waals surface area contributed by atoms with E-state index in [2.05, 4.69) is 85.1 Å². The van der Waals surface area contributed by atoms with E-state index >= 15 is 0 Å². The summed E-state index contributed by atoms with van der Waals surface area (Å²) in [5, 5.41) is 1.98. The Morgan fingerprint density at radius 2 is 1.61 bits per heavy atom. The molecule has 0 saturated carbocycles. The van der Waals surface area contributed by atoms with Crippen molar-refractivity contribution < 1.29 is 4.79 Å². The fraction of sp³-hybridized carbons (Fsp3) is 0.107. The lowest BCUT2D eigenvalue weighted by Crippen LogP contribution is -2.11. The van der Waals surface area contributed by atoms with Crippen molar-refractivity contribution in [1.82, 2.24) is 4.57 Å². The number of nitrogens with zero attached hydrogens (tertiary/aromatic N) is 1. The smallest absolute Gasteiger partial charge is 0.249 e. The van der Waals surface area contributed by atoms with Gasteiger partial charge in [0.15, 0.2) is 0 Å². The average molecular weight is 405 g/mol. The summed E-state index contributed by atoms with van der Waals surface area (Å²) in [6, 6.07) is 29.2. The number of hydrogen-bond donors (Lipinski definition) is 1. The Hall–Kier alpha value is -3.85. The molecule has 3 nitrogen and oxygen atoms in total. The Kier molecular flexibility index (Phi) is 4.59. The molecule has 4 aromatic carbocycles. The number of hydrogen-bond acceptors (Lipinski definition) is 1. The number of carbonyl (C=O) groups is 1. The van der Waals surface area contributed by atoms with Crippen molar-refractivity contribution in [3.8, 4) is 11.1 Å². The lowest BCUT2D eigenvalue weighted by Gasteiger charge is -2.12. The molecule has 0 atom stereocenters. The van der Waals surface area contributed by atoms with E-state index in [0.717, 1.165) is 33.9 Å². The zero-order valence-corrected chi connectivity index (χ0v) is 17.7. The highest BCUT2D eigenvalue weighted by Gasteiger charge is 2.17. The van der Waals surface area contributed by atoms with Crippen LogP contribution in [-0.2, 0) is 6.54 Å². The van der Waals surface area contributed by atoms with Crippen molar-refractivity contribution in [3.63, 3.8) is 0 Å². The highest BCUT2D eigenvalue weighted by Crippen LogP contribution is 2.35. The van der Waals surface area contributed by atoms with Crippen LogP contribution in [0.5, 0.6) is 0 Å². The van der Waals surface area contributed by atoms with Gasteiger partial charge in [0.25, 0.3) is 0 Å². The number of aromatic nitrogens is 1. The third-order valence-electron chi connectivity index (χ3n) is 6.09. The van der Waals surface area contributed by atoms with Gasteiger partial charge in [-0.05, 0) is 54.3 Å². The minimum Gasteiger partial charge on any atom is -0.366 e. The summed E-state index contributed by atoms with van der Waals surface area (Å²) >= 11 is 0. The van der Waals surface area contributed by atoms with Crippen molar-refractivity contribution in [2.24, 2.45) is 5.73 Å². The zero-order valence-electron chi connectivity index (χ0n) is 17.7. The lowest BCUT2D eigenvalue weighted by molar-refractivity contribution is 0.100. The van der Waals surface area contributed by atoms with Crippen molar-refractivity contribution in [1.29, 1.82) is 0 Å². The van der Waals surface area contributed by atoms with E-state index in [9.17, 15) is 4.79 Å². The monoisotopic (exact) mass is 404 g/mol. The van der Waals surface area contributed by atoms with Crippen LogP contribution in [0.3, 0.4) is 0 Å². The van der Waals surface area contributed by atoms with Crippen molar-refractivity contribution in [2.75, 3.05) is 0 Å². The number of primary amides is 1. The van der Waals surface area contributed by atoms with Crippen LogP contribution in [0.1, 0.15) is 27.0 Å². The predicted octanol–water partition coefficient (Wildman–Crippen LogP) is 6.23.